The van der Waals surface area contributed by atoms with Gasteiger partial charge in [-0.15, -0.1) is 11.3 Å². The fourth-order valence-electron chi connectivity index (χ4n) is 0.975. The van der Waals surface area contributed by atoms with Gasteiger partial charge in [-0.05, 0) is 13.8 Å². The van der Waals surface area contributed by atoms with Gasteiger partial charge in [0.05, 0.1) is 11.1 Å². The minimum Gasteiger partial charge on any atom is -0.476 e. The molecule has 0 unspecified atom stereocenters. The Hall–Kier alpha value is -1.03. The van der Waals surface area contributed by atoms with Gasteiger partial charge >= 0.3 is 5.97 Å². The van der Waals surface area contributed by atoms with Crippen molar-refractivity contribution < 1.29 is 23.1 Å². The summed E-state index contributed by atoms with van der Waals surface area (Å²) in [5, 5.41) is 8.82. The second-order valence-corrected chi connectivity index (χ2v) is 6.90. The van der Waals surface area contributed by atoms with Gasteiger partial charge in [-0.1, -0.05) is 0 Å². The van der Waals surface area contributed by atoms with Gasteiger partial charge in [-0.3, -0.25) is 0 Å². The summed E-state index contributed by atoms with van der Waals surface area (Å²) in [4.78, 5) is 14.3. The van der Waals surface area contributed by atoms with Crippen LogP contribution >= 0.6 is 11.3 Å². The molecule has 9 heteroatoms. The Bertz CT molecular complexity index is 535. The standard InChI is InChI=1S/C9H14N2O5S2/c1-9(2,16-3)4-11-18(14,15)8-6(7(12)13)10-5-17-8/h5,11H,4H2,1-3H3,(H,12,13). The molecule has 0 spiro atoms. The molecule has 0 amide bonds. The van der Waals surface area contributed by atoms with Crippen LogP contribution in [0.4, 0.5) is 0 Å². The number of ether oxygens (including phenoxy) is 1. The second-order valence-electron chi connectivity index (χ2n) is 4.08. The number of sulfonamides is 1. The Morgan fingerprint density at radius 2 is 2.22 bits per heavy atom. The lowest BCUT2D eigenvalue weighted by molar-refractivity contribution is 0.0276. The highest BCUT2D eigenvalue weighted by molar-refractivity contribution is 7.91. The molecule has 0 fully saturated rings. The number of carbonyl (C=O) groups is 1. The zero-order valence-electron chi connectivity index (χ0n) is 10.1. The van der Waals surface area contributed by atoms with Gasteiger partial charge in [0.1, 0.15) is 0 Å². The maximum absolute atomic E-state index is 11.9. The highest BCUT2D eigenvalue weighted by atomic mass is 32.2. The van der Waals surface area contributed by atoms with Gasteiger partial charge in [-0.25, -0.2) is 22.9 Å². The minimum atomic E-state index is -3.89. The second kappa shape index (κ2) is 5.31. The first-order valence-electron chi connectivity index (χ1n) is 4.91. The SMILES string of the molecule is COC(C)(C)CNS(=O)(=O)c1scnc1C(=O)O. The first-order chi connectivity index (χ1) is 8.19. The van der Waals surface area contributed by atoms with Crippen molar-refractivity contribution in [3.05, 3.63) is 11.2 Å². The molecular weight excluding hydrogens is 280 g/mol. The Labute approximate surface area is 109 Å². The molecule has 1 aromatic rings. The molecule has 1 rings (SSSR count). The molecule has 102 valence electrons. The Kier molecular flexibility index (Phi) is 4.43. The molecule has 18 heavy (non-hydrogen) atoms. The minimum absolute atomic E-state index is 0.0305. The van der Waals surface area contributed by atoms with E-state index < -0.39 is 27.3 Å². The molecule has 0 saturated heterocycles. The summed E-state index contributed by atoms with van der Waals surface area (Å²) in [7, 11) is -2.43. The number of hydrogen-bond donors (Lipinski definition) is 2. The molecule has 0 bridgehead atoms. The molecule has 1 heterocycles. The molecular formula is C9H14N2O5S2. The van der Waals surface area contributed by atoms with Crippen LogP contribution in [0.1, 0.15) is 24.3 Å². The van der Waals surface area contributed by atoms with Crippen LogP contribution in [0.2, 0.25) is 0 Å². The van der Waals surface area contributed by atoms with Gasteiger partial charge in [0.15, 0.2) is 9.90 Å². The Morgan fingerprint density at radius 3 is 2.72 bits per heavy atom. The normalized spacial score (nSPS) is 12.6. The highest BCUT2D eigenvalue weighted by Crippen LogP contribution is 2.20. The summed E-state index contributed by atoms with van der Waals surface area (Å²) in [6.07, 6.45) is 0. The Balaban J connectivity index is 2.94. The zero-order chi connectivity index (χ0) is 14.0. The van der Waals surface area contributed by atoms with E-state index >= 15 is 0 Å². The van der Waals surface area contributed by atoms with Gasteiger partial charge < -0.3 is 9.84 Å². The lowest BCUT2D eigenvalue weighted by Crippen LogP contribution is -2.39. The van der Waals surface area contributed by atoms with Crippen LogP contribution in [0.3, 0.4) is 0 Å². The quantitative estimate of drug-likeness (QED) is 0.793. The third-order valence-electron chi connectivity index (χ3n) is 2.22. The molecule has 0 saturated carbocycles. The topological polar surface area (TPSA) is 106 Å². The fraction of sp³-hybridized carbons (Fsp3) is 0.556. The average molecular weight is 294 g/mol. The van der Waals surface area contributed by atoms with Gasteiger partial charge in [0.2, 0.25) is 0 Å². The number of nitrogens with one attached hydrogen (secondary N) is 1. The summed E-state index contributed by atoms with van der Waals surface area (Å²) in [6.45, 7) is 3.45. The van der Waals surface area contributed by atoms with Crippen molar-refractivity contribution in [2.24, 2.45) is 0 Å². The van der Waals surface area contributed by atoms with E-state index in [1.54, 1.807) is 13.8 Å². The van der Waals surface area contributed by atoms with Crippen LogP contribution in [-0.2, 0) is 14.8 Å². The van der Waals surface area contributed by atoms with Crippen molar-refractivity contribution in [2.75, 3.05) is 13.7 Å². The number of carboxylic acid groups (broad SMARTS) is 1. The molecule has 0 radical (unpaired) electrons. The van der Waals surface area contributed by atoms with Gasteiger partial charge in [0, 0.05) is 13.7 Å². The van der Waals surface area contributed by atoms with E-state index in [0.29, 0.717) is 0 Å². The predicted octanol–water partition coefficient (Wildman–Crippen LogP) is 0.545. The molecule has 7 nitrogen and oxygen atoms in total. The maximum atomic E-state index is 11.9. The lowest BCUT2D eigenvalue weighted by Gasteiger charge is -2.22. The van der Waals surface area contributed by atoms with Crippen molar-refractivity contribution >= 4 is 27.3 Å². The van der Waals surface area contributed by atoms with Crippen molar-refractivity contribution in [1.29, 1.82) is 0 Å². The van der Waals surface area contributed by atoms with Crippen LogP contribution < -0.4 is 4.72 Å². The number of aromatic nitrogens is 1. The number of carboxylic acids is 1. The number of hydrogen-bond acceptors (Lipinski definition) is 6. The van der Waals surface area contributed by atoms with Crippen LogP contribution in [0, 0.1) is 0 Å². The third kappa shape index (κ3) is 3.48. The first-order valence-corrected chi connectivity index (χ1v) is 7.27. The fourth-order valence-corrected chi connectivity index (χ4v) is 3.36. The molecule has 0 aliphatic heterocycles. The van der Waals surface area contributed by atoms with E-state index in [-0.39, 0.29) is 10.8 Å². The maximum Gasteiger partial charge on any atom is 0.356 e. The number of nitrogens with zero attached hydrogens (tertiary/aromatic N) is 1. The molecule has 0 aliphatic rings. The largest absolute Gasteiger partial charge is 0.476 e. The van der Waals surface area contributed by atoms with Crippen molar-refractivity contribution in [2.45, 2.75) is 23.7 Å². The summed E-state index contributed by atoms with van der Waals surface area (Å²) in [5.41, 5.74) is 0.0309. The number of methoxy groups -OCH3 is 1. The lowest BCUT2D eigenvalue weighted by atomic mass is 10.1. The number of rotatable bonds is 6. The van der Waals surface area contributed by atoms with E-state index in [2.05, 4.69) is 9.71 Å². The van der Waals surface area contributed by atoms with Crippen molar-refractivity contribution in [1.82, 2.24) is 9.71 Å². The van der Waals surface area contributed by atoms with Crippen LogP contribution in [0.5, 0.6) is 0 Å². The van der Waals surface area contributed by atoms with Gasteiger partial charge in [-0.2, -0.15) is 0 Å². The van der Waals surface area contributed by atoms with Crippen LogP contribution in [0.25, 0.3) is 0 Å². The van der Waals surface area contributed by atoms with E-state index in [4.69, 9.17) is 9.84 Å². The Morgan fingerprint density at radius 1 is 1.61 bits per heavy atom. The molecule has 1 aromatic heterocycles. The van der Waals surface area contributed by atoms with E-state index in [9.17, 15) is 13.2 Å². The van der Waals surface area contributed by atoms with Crippen molar-refractivity contribution in [3.8, 4) is 0 Å². The summed E-state index contributed by atoms with van der Waals surface area (Å²) in [5.74, 6) is -1.37. The van der Waals surface area contributed by atoms with Gasteiger partial charge in [0.25, 0.3) is 10.0 Å². The molecule has 2 N–H and O–H groups in total. The third-order valence-corrected chi connectivity index (χ3v) is 4.99. The highest BCUT2D eigenvalue weighted by Gasteiger charge is 2.28. The summed E-state index contributed by atoms with van der Waals surface area (Å²) in [6, 6.07) is 0. The first kappa shape index (κ1) is 15.0. The van der Waals surface area contributed by atoms with Crippen LogP contribution in [-0.4, -0.2) is 43.7 Å². The zero-order valence-corrected chi connectivity index (χ0v) is 11.8. The van der Waals surface area contributed by atoms with E-state index in [1.807, 2.05) is 0 Å². The number of aromatic carboxylic acids is 1. The summed E-state index contributed by atoms with van der Waals surface area (Å²) < 4.78 is 30.9. The van der Waals surface area contributed by atoms with Crippen LogP contribution in [0.15, 0.2) is 9.72 Å². The van der Waals surface area contributed by atoms with E-state index in [1.165, 1.54) is 12.6 Å². The molecule has 0 aliphatic carbocycles. The van der Waals surface area contributed by atoms with Crippen molar-refractivity contribution in [3.63, 3.8) is 0 Å². The van der Waals surface area contributed by atoms with E-state index in [0.717, 1.165) is 11.3 Å². The molecule has 0 aromatic carbocycles. The monoisotopic (exact) mass is 294 g/mol. The predicted molar refractivity (Wildman–Crippen MR) is 65.3 cm³/mol. The smallest absolute Gasteiger partial charge is 0.356 e. The summed E-state index contributed by atoms with van der Waals surface area (Å²) >= 11 is 0.760. The average Bonchev–Trinajstić information content (AvgIpc) is 2.76. The number of thiazole rings is 1. The molecule has 0 atom stereocenters.